The van der Waals surface area contributed by atoms with Crippen molar-refractivity contribution in [3.05, 3.63) is 35.5 Å². The van der Waals surface area contributed by atoms with E-state index in [1.165, 1.54) is 18.4 Å². The Kier molecular flexibility index (Phi) is 6.34. The number of aryl methyl sites for hydroxylation is 1. The molecule has 0 amide bonds. The molecule has 2 aromatic rings. The highest BCUT2D eigenvalue weighted by Crippen LogP contribution is 2.33. The molecule has 0 bridgehead atoms. The molecule has 0 unspecified atom stereocenters. The van der Waals surface area contributed by atoms with Crippen molar-refractivity contribution >= 4 is 11.8 Å². The van der Waals surface area contributed by atoms with Crippen molar-refractivity contribution in [3.63, 3.8) is 0 Å². The van der Waals surface area contributed by atoms with E-state index in [1.807, 2.05) is 13.0 Å². The molecule has 0 saturated carbocycles. The zero-order valence-corrected chi connectivity index (χ0v) is 17.5. The summed E-state index contributed by atoms with van der Waals surface area (Å²) in [5, 5.41) is 3.38. The first-order valence-electron chi connectivity index (χ1n) is 10.7. The van der Waals surface area contributed by atoms with Crippen LogP contribution in [0.25, 0.3) is 0 Å². The number of benzene rings is 1. The molecule has 29 heavy (non-hydrogen) atoms. The zero-order valence-electron chi connectivity index (χ0n) is 17.5. The van der Waals surface area contributed by atoms with E-state index in [0.29, 0.717) is 6.79 Å². The number of aromatic nitrogens is 2. The summed E-state index contributed by atoms with van der Waals surface area (Å²) in [6.07, 6.45) is 3.61. The first kappa shape index (κ1) is 19.8. The van der Waals surface area contributed by atoms with Crippen molar-refractivity contribution in [2.24, 2.45) is 0 Å². The van der Waals surface area contributed by atoms with Crippen LogP contribution in [-0.2, 0) is 6.54 Å². The lowest BCUT2D eigenvalue weighted by molar-refractivity contribution is 0.174. The topological polar surface area (TPSA) is 62.8 Å². The van der Waals surface area contributed by atoms with Crippen LogP contribution in [0.3, 0.4) is 0 Å². The summed E-state index contributed by atoms with van der Waals surface area (Å²) in [5.74, 6) is 3.48. The molecule has 2 aliphatic heterocycles. The number of ether oxygens (including phenoxy) is 2. The lowest BCUT2D eigenvalue weighted by atomic mass is 10.1. The van der Waals surface area contributed by atoms with Gasteiger partial charge in [0.05, 0.1) is 0 Å². The third kappa shape index (κ3) is 5.09. The molecule has 1 saturated heterocycles. The first-order chi connectivity index (χ1) is 14.2. The maximum absolute atomic E-state index is 5.50. The minimum atomic E-state index is 0.325. The van der Waals surface area contributed by atoms with Crippen molar-refractivity contribution in [1.29, 1.82) is 0 Å². The smallest absolute Gasteiger partial charge is 0.231 e. The normalized spacial score (nSPS) is 16.3. The van der Waals surface area contributed by atoms with E-state index in [-0.39, 0.29) is 0 Å². The van der Waals surface area contributed by atoms with Crippen LogP contribution in [0.2, 0.25) is 0 Å². The van der Waals surface area contributed by atoms with Crippen LogP contribution in [0, 0.1) is 6.92 Å². The summed E-state index contributed by atoms with van der Waals surface area (Å²) >= 11 is 0. The van der Waals surface area contributed by atoms with Gasteiger partial charge in [-0.15, -0.1) is 0 Å². The number of hydrogen-bond acceptors (Lipinski definition) is 7. The molecule has 7 heteroatoms. The third-order valence-corrected chi connectivity index (χ3v) is 5.44. The second-order valence-corrected chi connectivity index (χ2v) is 7.78. The molecule has 1 fully saturated rings. The third-order valence-electron chi connectivity index (χ3n) is 5.44. The van der Waals surface area contributed by atoms with Gasteiger partial charge in [0.1, 0.15) is 5.82 Å². The first-order valence-corrected chi connectivity index (χ1v) is 10.7. The van der Waals surface area contributed by atoms with Crippen LogP contribution in [0.5, 0.6) is 11.5 Å². The highest BCUT2D eigenvalue weighted by molar-refractivity contribution is 5.46. The monoisotopic (exact) mass is 397 g/mol. The van der Waals surface area contributed by atoms with Crippen LogP contribution in [-0.4, -0.2) is 54.4 Å². The summed E-state index contributed by atoms with van der Waals surface area (Å²) < 4.78 is 10.9. The van der Waals surface area contributed by atoms with E-state index in [4.69, 9.17) is 14.5 Å². The van der Waals surface area contributed by atoms with E-state index >= 15 is 0 Å². The minimum absolute atomic E-state index is 0.325. The van der Waals surface area contributed by atoms with Gasteiger partial charge >= 0.3 is 0 Å². The van der Waals surface area contributed by atoms with Crippen LogP contribution in [0.15, 0.2) is 24.3 Å². The molecule has 0 aliphatic carbocycles. The molecule has 1 N–H and O–H groups in total. The molecule has 4 rings (SSSR count). The Morgan fingerprint density at radius 2 is 1.83 bits per heavy atom. The maximum atomic E-state index is 5.50. The quantitative estimate of drug-likeness (QED) is 0.685. The zero-order chi connectivity index (χ0) is 20.1. The summed E-state index contributed by atoms with van der Waals surface area (Å²) in [6, 6.07) is 8.32. The van der Waals surface area contributed by atoms with Crippen LogP contribution >= 0.6 is 0 Å². The van der Waals surface area contributed by atoms with Gasteiger partial charge in [-0.3, -0.25) is 4.90 Å². The highest BCUT2D eigenvalue weighted by Gasteiger charge is 2.20. The number of rotatable bonds is 8. The van der Waals surface area contributed by atoms with Crippen molar-refractivity contribution in [2.45, 2.75) is 39.7 Å². The van der Waals surface area contributed by atoms with Gasteiger partial charge < -0.3 is 19.7 Å². The van der Waals surface area contributed by atoms with Gasteiger partial charge in [-0.05, 0) is 31.0 Å². The van der Waals surface area contributed by atoms with E-state index in [9.17, 15) is 0 Å². The van der Waals surface area contributed by atoms with Crippen molar-refractivity contribution < 1.29 is 9.47 Å². The Morgan fingerprint density at radius 3 is 2.66 bits per heavy atom. The highest BCUT2D eigenvalue weighted by atomic mass is 16.7. The second kappa shape index (κ2) is 9.31. The number of hydrogen-bond donors (Lipinski definition) is 1. The van der Waals surface area contributed by atoms with Crippen LogP contribution < -0.4 is 19.7 Å². The molecular formula is C22H31N5O2. The minimum Gasteiger partial charge on any atom is -0.454 e. The average molecular weight is 398 g/mol. The summed E-state index contributed by atoms with van der Waals surface area (Å²) in [7, 11) is 0. The second-order valence-electron chi connectivity index (χ2n) is 7.78. The molecule has 1 aromatic heterocycles. The standard InChI is InChI=1S/C22H31N5O2/c1-3-4-5-8-23-22-24-17(2)13-21(25-22)27-11-9-26(10-12-27)15-18-6-7-19-20(14-18)29-16-28-19/h6-7,13-14H,3-5,8-12,15-16H2,1-2H3,(H,23,24,25). The van der Waals surface area contributed by atoms with Gasteiger partial charge in [-0.2, -0.15) is 4.98 Å². The van der Waals surface area contributed by atoms with Crippen LogP contribution in [0.4, 0.5) is 11.8 Å². The number of nitrogens with zero attached hydrogens (tertiary/aromatic N) is 4. The number of piperazine rings is 1. The Hall–Kier alpha value is -2.54. The predicted octanol–water partition coefficient (Wildman–Crippen LogP) is 3.44. The molecular weight excluding hydrogens is 366 g/mol. The SMILES string of the molecule is CCCCCNc1nc(C)cc(N2CCN(Cc3ccc4c(c3)OCO4)CC2)n1. The van der Waals surface area contributed by atoms with Gasteiger partial charge in [0.25, 0.3) is 0 Å². The lowest BCUT2D eigenvalue weighted by Crippen LogP contribution is -2.46. The summed E-state index contributed by atoms with van der Waals surface area (Å²) in [4.78, 5) is 14.1. The molecule has 3 heterocycles. The molecule has 0 atom stereocenters. The summed E-state index contributed by atoms with van der Waals surface area (Å²) in [6.45, 7) is 10.4. The van der Waals surface area contributed by atoms with Gasteiger partial charge in [-0.1, -0.05) is 25.8 Å². The number of unbranched alkanes of at least 4 members (excludes halogenated alkanes) is 2. The Labute approximate surface area is 173 Å². The largest absolute Gasteiger partial charge is 0.454 e. The van der Waals surface area contributed by atoms with Crippen molar-refractivity contribution in [2.75, 3.05) is 49.7 Å². The average Bonchev–Trinajstić information content (AvgIpc) is 3.19. The number of anilines is 2. The molecule has 7 nitrogen and oxygen atoms in total. The molecule has 156 valence electrons. The van der Waals surface area contributed by atoms with Gasteiger partial charge in [0, 0.05) is 51.0 Å². The molecule has 2 aliphatic rings. The van der Waals surface area contributed by atoms with Crippen molar-refractivity contribution in [1.82, 2.24) is 14.9 Å². The predicted molar refractivity (Wildman–Crippen MR) is 115 cm³/mol. The van der Waals surface area contributed by atoms with Gasteiger partial charge in [0.2, 0.25) is 12.7 Å². The van der Waals surface area contributed by atoms with Crippen molar-refractivity contribution in [3.8, 4) is 11.5 Å². The maximum Gasteiger partial charge on any atom is 0.231 e. The fourth-order valence-electron chi connectivity index (χ4n) is 3.80. The summed E-state index contributed by atoms with van der Waals surface area (Å²) in [5.41, 5.74) is 2.27. The van der Waals surface area contributed by atoms with Gasteiger partial charge in [-0.25, -0.2) is 4.98 Å². The van der Waals surface area contributed by atoms with E-state index in [1.54, 1.807) is 0 Å². The fourth-order valence-corrected chi connectivity index (χ4v) is 3.80. The Morgan fingerprint density at radius 1 is 1.00 bits per heavy atom. The van der Waals surface area contributed by atoms with E-state index in [2.05, 4.69) is 45.2 Å². The number of nitrogens with one attached hydrogen (secondary N) is 1. The Bertz CT molecular complexity index is 821. The lowest BCUT2D eigenvalue weighted by Gasteiger charge is -2.35. The molecule has 0 radical (unpaired) electrons. The van der Waals surface area contributed by atoms with E-state index in [0.717, 1.165) is 74.6 Å². The molecule has 0 spiro atoms. The Balaban J connectivity index is 1.31. The number of fused-ring (bicyclic) bond motifs is 1. The van der Waals surface area contributed by atoms with Gasteiger partial charge in [0.15, 0.2) is 11.5 Å². The molecule has 1 aromatic carbocycles. The van der Waals surface area contributed by atoms with E-state index < -0.39 is 0 Å². The van der Waals surface area contributed by atoms with Crippen LogP contribution in [0.1, 0.15) is 37.4 Å². The fraction of sp³-hybridized carbons (Fsp3) is 0.545.